The van der Waals surface area contributed by atoms with Crippen LogP contribution in [0.3, 0.4) is 0 Å². The van der Waals surface area contributed by atoms with Crippen LogP contribution in [0.25, 0.3) is 22.6 Å². The second-order valence-electron chi connectivity index (χ2n) is 7.28. The van der Waals surface area contributed by atoms with Gasteiger partial charge in [0, 0.05) is 16.8 Å². The number of benzene rings is 4. The molecule has 32 heavy (non-hydrogen) atoms. The van der Waals surface area contributed by atoms with Crippen LogP contribution < -0.4 is 4.74 Å². The van der Waals surface area contributed by atoms with Gasteiger partial charge < -0.3 is 9.15 Å². The van der Waals surface area contributed by atoms with Gasteiger partial charge in [0.2, 0.25) is 5.89 Å². The molecule has 0 saturated heterocycles. The number of ether oxygens (including phenoxy) is 1. The van der Waals surface area contributed by atoms with E-state index in [4.69, 9.17) is 20.8 Å². The van der Waals surface area contributed by atoms with Gasteiger partial charge in [0.1, 0.15) is 17.9 Å². The zero-order chi connectivity index (χ0) is 21.8. The minimum Gasteiger partial charge on any atom is -0.489 e. The van der Waals surface area contributed by atoms with Crippen molar-refractivity contribution in [1.82, 2.24) is 4.98 Å². The number of nitrogens with zero attached hydrogens (tertiary/aromatic N) is 2. The van der Waals surface area contributed by atoms with Crippen LogP contribution in [0.2, 0.25) is 5.02 Å². The van der Waals surface area contributed by atoms with E-state index in [1.165, 1.54) is 0 Å². The molecule has 1 heterocycles. The molecule has 1 aromatic heterocycles. The molecule has 0 radical (unpaired) electrons. The van der Waals surface area contributed by atoms with Crippen LogP contribution in [0, 0.1) is 0 Å². The summed E-state index contributed by atoms with van der Waals surface area (Å²) in [7, 11) is 0. The summed E-state index contributed by atoms with van der Waals surface area (Å²) in [5.74, 6) is 1.36. The molecule has 5 heteroatoms. The normalized spacial score (nSPS) is 11.3. The van der Waals surface area contributed by atoms with Crippen LogP contribution in [0.4, 0.5) is 5.69 Å². The quantitative estimate of drug-likeness (QED) is 0.258. The SMILES string of the molecule is Clc1cccc(-c2nc3cc(N=Cc4ccc(OCc5ccccc5)cc4)ccc3o2)c1. The smallest absolute Gasteiger partial charge is 0.227 e. The summed E-state index contributed by atoms with van der Waals surface area (Å²) in [6.45, 7) is 0.545. The Morgan fingerprint density at radius 2 is 1.72 bits per heavy atom. The number of hydrogen-bond donors (Lipinski definition) is 0. The van der Waals surface area contributed by atoms with Gasteiger partial charge in [-0.05, 0) is 71.8 Å². The van der Waals surface area contributed by atoms with E-state index in [-0.39, 0.29) is 0 Å². The van der Waals surface area contributed by atoms with Crippen molar-refractivity contribution in [2.75, 3.05) is 0 Å². The van der Waals surface area contributed by atoms with Gasteiger partial charge in [0.25, 0.3) is 0 Å². The fourth-order valence-electron chi connectivity index (χ4n) is 3.28. The highest BCUT2D eigenvalue weighted by Crippen LogP contribution is 2.28. The number of aromatic nitrogens is 1. The monoisotopic (exact) mass is 438 g/mol. The summed E-state index contributed by atoms with van der Waals surface area (Å²) in [6.07, 6.45) is 1.82. The predicted octanol–water partition coefficient (Wildman–Crippen LogP) is 7.48. The number of hydrogen-bond acceptors (Lipinski definition) is 4. The van der Waals surface area contributed by atoms with Gasteiger partial charge in [-0.15, -0.1) is 0 Å². The Morgan fingerprint density at radius 3 is 2.53 bits per heavy atom. The highest BCUT2D eigenvalue weighted by atomic mass is 35.5. The van der Waals surface area contributed by atoms with Crippen LogP contribution in [0.5, 0.6) is 5.75 Å². The van der Waals surface area contributed by atoms with E-state index in [0.29, 0.717) is 23.1 Å². The fraction of sp³-hybridized carbons (Fsp3) is 0.0370. The molecule has 156 valence electrons. The first-order valence-corrected chi connectivity index (χ1v) is 10.6. The summed E-state index contributed by atoms with van der Waals surface area (Å²) in [5, 5.41) is 0.645. The van der Waals surface area contributed by atoms with Gasteiger partial charge >= 0.3 is 0 Å². The molecular weight excluding hydrogens is 420 g/mol. The summed E-state index contributed by atoms with van der Waals surface area (Å²) in [4.78, 5) is 9.16. The summed E-state index contributed by atoms with van der Waals surface area (Å²) in [5.41, 5.74) is 5.22. The zero-order valence-electron chi connectivity index (χ0n) is 17.1. The number of aliphatic imine (C=N–C) groups is 1. The predicted molar refractivity (Wildman–Crippen MR) is 129 cm³/mol. The molecule has 4 aromatic carbocycles. The minimum atomic E-state index is 0.537. The summed E-state index contributed by atoms with van der Waals surface area (Å²) >= 11 is 6.08. The molecule has 0 fully saturated rings. The first kappa shape index (κ1) is 20.0. The second-order valence-corrected chi connectivity index (χ2v) is 7.72. The van der Waals surface area contributed by atoms with Crippen LogP contribution in [0.1, 0.15) is 11.1 Å². The largest absolute Gasteiger partial charge is 0.489 e. The molecule has 0 atom stereocenters. The van der Waals surface area contributed by atoms with Crippen molar-refractivity contribution in [3.63, 3.8) is 0 Å². The van der Waals surface area contributed by atoms with Crippen molar-refractivity contribution in [3.8, 4) is 17.2 Å². The number of oxazole rings is 1. The lowest BCUT2D eigenvalue weighted by molar-refractivity contribution is 0.306. The molecule has 0 saturated carbocycles. The van der Waals surface area contributed by atoms with Gasteiger partial charge in [-0.3, -0.25) is 4.99 Å². The van der Waals surface area contributed by atoms with E-state index in [1.54, 1.807) is 0 Å². The Hall–Kier alpha value is -3.89. The maximum atomic E-state index is 6.08. The molecule has 0 aliphatic rings. The first-order chi connectivity index (χ1) is 15.7. The van der Waals surface area contributed by atoms with Crippen molar-refractivity contribution in [1.29, 1.82) is 0 Å². The molecule has 0 aliphatic heterocycles. The molecule has 0 amide bonds. The third kappa shape index (κ3) is 4.71. The lowest BCUT2D eigenvalue weighted by atomic mass is 10.2. The van der Waals surface area contributed by atoms with Crippen LogP contribution in [-0.4, -0.2) is 11.2 Å². The molecule has 5 rings (SSSR count). The van der Waals surface area contributed by atoms with Gasteiger partial charge in [-0.1, -0.05) is 48.0 Å². The highest BCUT2D eigenvalue weighted by molar-refractivity contribution is 6.30. The number of rotatable bonds is 6. The maximum Gasteiger partial charge on any atom is 0.227 e. The van der Waals surface area contributed by atoms with Gasteiger partial charge in [-0.25, -0.2) is 4.98 Å². The number of fused-ring (bicyclic) bond motifs is 1. The second kappa shape index (κ2) is 9.08. The van der Waals surface area contributed by atoms with Crippen LogP contribution in [-0.2, 0) is 6.61 Å². The molecule has 0 unspecified atom stereocenters. The van der Waals surface area contributed by atoms with Crippen LogP contribution >= 0.6 is 11.6 Å². The maximum absolute atomic E-state index is 6.08. The minimum absolute atomic E-state index is 0.537. The van der Waals surface area contributed by atoms with Crippen molar-refractivity contribution < 1.29 is 9.15 Å². The van der Waals surface area contributed by atoms with E-state index in [1.807, 2.05) is 103 Å². The van der Waals surface area contributed by atoms with Crippen molar-refractivity contribution in [2.45, 2.75) is 6.61 Å². The first-order valence-electron chi connectivity index (χ1n) is 10.2. The lowest BCUT2D eigenvalue weighted by Crippen LogP contribution is -1.94. The molecule has 0 spiro atoms. The Labute approximate surface area is 190 Å². The van der Waals surface area contributed by atoms with E-state index >= 15 is 0 Å². The average Bonchev–Trinajstić information content (AvgIpc) is 3.26. The van der Waals surface area contributed by atoms with Gasteiger partial charge in [-0.2, -0.15) is 0 Å². The van der Waals surface area contributed by atoms with Gasteiger partial charge in [0.15, 0.2) is 5.58 Å². The Balaban J connectivity index is 1.28. The molecule has 0 aliphatic carbocycles. The lowest BCUT2D eigenvalue weighted by Gasteiger charge is -2.06. The van der Waals surface area contributed by atoms with E-state index in [9.17, 15) is 0 Å². The fourth-order valence-corrected chi connectivity index (χ4v) is 3.47. The number of halogens is 1. The Kier molecular flexibility index (Phi) is 5.69. The van der Waals surface area contributed by atoms with Crippen molar-refractivity contribution in [3.05, 3.63) is 113 Å². The molecule has 4 nitrogen and oxygen atoms in total. The zero-order valence-corrected chi connectivity index (χ0v) is 17.9. The van der Waals surface area contributed by atoms with Gasteiger partial charge in [0.05, 0.1) is 5.69 Å². The standard InChI is InChI=1S/C27H19ClN2O2/c28-22-8-4-7-21(15-22)27-30-25-16-23(11-14-26(25)32-27)29-17-19-9-12-24(13-10-19)31-18-20-5-2-1-3-6-20/h1-17H,18H2. The van der Waals surface area contributed by atoms with E-state index < -0.39 is 0 Å². The highest BCUT2D eigenvalue weighted by Gasteiger charge is 2.09. The summed E-state index contributed by atoms with van der Waals surface area (Å²) in [6, 6.07) is 31.1. The molecule has 0 N–H and O–H groups in total. The topological polar surface area (TPSA) is 47.6 Å². The molecule has 0 bridgehead atoms. The molecular formula is C27H19ClN2O2. The molecule has 5 aromatic rings. The third-order valence-electron chi connectivity index (χ3n) is 4.93. The third-order valence-corrected chi connectivity index (χ3v) is 5.17. The average molecular weight is 439 g/mol. The van der Waals surface area contributed by atoms with Crippen LogP contribution in [0.15, 0.2) is 106 Å². The van der Waals surface area contributed by atoms with E-state index in [2.05, 4.69) is 9.98 Å². The Morgan fingerprint density at radius 1 is 0.875 bits per heavy atom. The van der Waals surface area contributed by atoms with E-state index in [0.717, 1.165) is 33.6 Å². The van der Waals surface area contributed by atoms with Crippen molar-refractivity contribution >= 4 is 34.6 Å². The Bertz CT molecular complexity index is 1380. The van der Waals surface area contributed by atoms with Crippen molar-refractivity contribution in [2.24, 2.45) is 4.99 Å². The summed E-state index contributed by atoms with van der Waals surface area (Å²) < 4.78 is 11.7.